The Morgan fingerprint density at radius 3 is 2.42 bits per heavy atom. The van der Waals surface area contributed by atoms with Gasteiger partial charge in [-0.3, -0.25) is 0 Å². The van der Waals surface area contributed by atoms with Crippen molar-refractivity contribution in [3.63, 3.8) is 0 Å². The lowest BCUT2D eigenvalue weighted by molar-refractivity contribution is 0.398. The van der Waals surface area contributed by atoms with Gasteiger partial charge in [0.05, 0.1) is 11.3 Å². The molecule has 19 heavy (non-hydrogen) atoms. The standard InChI is InChI=1S/C14H22N4S/c1-4-10-11(5-2)16-17-14(12(10)13(15)19)18(3)9-7-6-8-9/h9H,4-8H2,1-3H3,(H2,15,19). The second-order valence-electron chi connectivity index (χ2n) is 5.09. The summed E-state index contributed by atoms with van der Waals surface area (Å²) in [6, 6.07) is 0.555. The van der Waals surface area contributed by atoms with E-state index in [-0.39, 0.29) is 0 Å². The average molecular weight is 278 g/mol. The predicted octanol–water partition coefficient (Wildman–Crippen LogP) is 2.22. The van der Waals surface area contributed by atoms with Crippen LogP contribution < -0.4 is 10.6 Å². The van der Waals surface area contributed by atoms with Crippen molar-refractivity contribution >= 4 is 23.0 Å². The molecular weight excluding hydrogens is 256 g/mol. The molecule has 5 heteroatoms. The first-order chi connectivity index (χ1) is 9.10. The van der Waals surface area contributed by atoms with Gasteiger partial charge in [-0.1, -0.05) is 26.1 Å². The number of rotatable bonds is 5. The first kappa shape index (κ1) is 14.2. The number of thiocarbonyl (C=S) groups is 1. The largest absolute Gasteiger partial charge is 0.389 e. The molecule has 0 radical (unpaired) electrons. The highest BCUT2D eigenvalue weighted by Gasteiger charge is 2.27. The van der Waals surface area contributed by atoms with Crippen LogP contribution >= 0.6 is 12.2 Å². The average Bonchev–Trinajstić information content (AvgIpc) is 2.34. The number of anilines is 1. The summed E-state index contributed by atoms with van der Waals surface area (Å²) in [4.78, 5) is 2.63. The molecule has 4 nitrogen and oxygen atoms in total. The van der Waals surface area contributed by atoms with Crippen molar-refractivity contribution in [1.82, 2.24) is 10.2 Å². The molecule has 0 aliphatic heterocycles. The van der Waals surface area contributed by atoms with E-state index < -0.39 is 0 Å². The van der Waals surface area contributed by atoms with E-state index in [0.717, 1.165) is 35.5 Å². The van der Waals surface area contributed by atoms with Gasteiger partial charge in [0.15, 0.2) is 5.82 Å². The molecule has 1 heterocycles. The van der Waals surface area contributed by atoms with Gasteiger partial charge in [0.1, 0.15) is 4.99 Å². The smallest absolute Gasteiger partial charge is 0.161 e. The maximum Gasteiger partial charge on any atom is 0.161 e. The zero-order chi connectivity index (χ0) is 14.0. The van der Waals surface area contributed by atoms with Gasteiger partial charge in [0.25, 0.3) is 0 Å². The zero-order valence-corrected chi connectivity index (χ0v) is 12.8. The van der Waals surface area contributed by atoms with E-state index in [1.54, 1.807) is 0 Å². The van der Waals surface area contributed by atoms with Crippen LogP contribution in [0.25, 0.3) is 0 Å². The van der Waals surface area contributed by atoms with E-state index in [4.69, 9.17) is 18.0 Å². The fraction of sp³-hybridized carbons (Fsp3) is 0.643. The van der Waals surface area contributed by atoms with Gasteiger partial charge in [0.2, 0.25) is 0 Å². The van der Waals surface area contributed by atoms with Gasteiger partial charge in [-0.15, -0.1) is 5.10 Å². The topological polar surface area (TPSA) is 55.0 Å². The monoisotopic (exact) mass is 278 g/mol. The second kappa shape index (κ2) is 5.82. The minimum Gasteiger partial charge on any atom is -0.389 e. The highest BCUT2D eigenvalue weighted by molar-refractivity contribution is 7.80. The summed E-state index contributed by atoms with van der Waals surface area (Å²) in [6.07, 6.45) is 5.46. The number of aromatic nitrogens is 2. The lowest BCUT2D eigenvalue weighted by Crippen LogP contribution is -2.39. The molecule has 0 unspecified atom stereocenters. The van der Waals surface area contributed by atoms with Crippen LogP contribution in [-0.2, 0) is 12.8 Å². The molecule has 1 aromatic rings. The van der Waals surface area contributed by atoms with Crippen molar-refractivity contribution in [3.8, 4) is 0 Å². The lowest BCUT2D eigenvalue weighted by Gasteiger charge is -2.36. The first-order valence-corrected chi connectivity index (χ1v) is 7.42. The third-order valence-corrected chi connectivity index (χ3v) is 4.23. The summed E-state index contributed by atoms with van der Waals surface area (Å²) in [5.74, 6) is 0.853. The van der Waals surface area contributed by atoms with Crippen molar-refractivity contribution in [2.45, 2.75) is 52.0 Å². The molecule has 0 spiro atoms. The van der Waals surface area contributed by atoms with Gasteiger partial charge in [-0.05, 0) is 37.7 Å². The molecule has 104 valence electrons. The van der Waals surface area contributed by atoms with Crippen LogP contribution in [0.2, 0.25) is 0 Å². The third-order valence-electron chi connectivity index (χ3n) is 4.03. The van der Waals surface area contributed by atoms with Crippen molar-refractivity contribution in [2.24, 2.45) is 5.73 Å². The number of aryl methyl sites for hydroxylation is 1. The fourth-order valence-corrected chi connectivity index (χ4v) is 2.83. The molecule has 1 fully saturated rings. The van der Waals surface area contributed by atoms with Crippen molar-refractivity contribution in [2.75, 3.05) is 11.9 Å². The summed E-state index contributed by atoms with van der Waals surface area (Å²) in [5, 5.41) is 8.76. The molecule has 0 aromatic carbocycles. The van der Waals surface area contributed by atoms with E-state index in [0.29, 0.717) is 11.0 Å². The Bertz CT molecular complexity index is 483. The maximum absolute atomic E-state index is 5.95. The Hall–Kier alpha value is -1.23. The van der Waals surface area contributed by atoms with Gasteiger partial charge < -0.3 is 10.6 Å². The van der Waals surface area contributed by atoms with Gasteiger partial charge in [-0.25, -0.2) is 0 Å². The molecule has 1 aliphatic rings. The minimum absolute atomic E-state index is 0.433. The number of nitrogens with zero attached hydrogens (tertiary/aromatic N) is 3. The van der Waals surface area contributed by atoms with Crippen LogP contribution in [0.3, 0.4) is 0 Å². The molecule has 1 aliphatic carbocycles. The van der Waals surface area contributed by atoms with Crippen LogP contribution in [0, 0.1) is 0 Å². The van der Waals surface area contributed by atoms with Crippen LogP contribution in [0.5, 0.6) is 0 Å². The van der Waals surface area contributed by atoms with E-state index in [2.05, 4.69) is 36.0 Å². The maximum atomic E-state index is 5.95. The molecule has 2 N–H and O–H groups in total. The van der Waals surface area contributed by atoms with Crippen LogP contribution in [0.1, 0.15) is 49.9 Å². The summed E-state index contributed by atoms with van der Waals surface area (Å²) < 4.78 is 0. The molecule has 1 saturated carbocycles. The van der Waals surface area contributed by atoms with Crippen molar-refractivity contribution in [1.29, 1.82) is 0 Å². The van der Waals surface area contributed by atoms with Crippen LogP contribution in [-0.4, -0.2) is 28.3 Å². The number of nitrogens with two attached hydrogens (primary N) is 1. The molecule has 1 aromatic heterocycles. The van der Waals surface area contributed by atoms with Crippen molar-refractivity contribution < 1.29 is 0 Å². The SMILES string of the molecule is CCc1nnc(N(C)C2CCC2)c(C(N)=S)c1CC. The number of hydrogen-bond donors (Lipinski definition) is 1. The van der Waals surface area contributed by atoms with Gasteiger partial charge >= 0.3 is 0 Å². The van der Waals surface area contributed by atoms with Crippen LogP contribution in [0.4, 0.5) is 5.82 Å². The Kier molecular flexibility index (Phi) is 4.34. The molecule has 0 atom stereocenters. The van der Waals surface area contributed by atoms with Crippen molar-refractivity contribution in [3.05, 3.63) is 16.8 Å². The fourth-order valence-electron chi connectivity index (χ4n) is 2.61. The van der Waals surface area contributed by atoms with E-state index in [9.17, 15) is 0 Å². The Labute approximate surface area is 120 Å². The minimum atomic E-state index is 0.433. The van der Waals surface area contributed by atoms with Gasteiger partial charge in [0, 0.05) is 13.1 Å². The normalized spacial score (nSPS) is 15.1. The second-order valence-corrected chi connectivity index (χ2v) is 5.53. The Balaban J connectivity index is 2.50. The molecule has 0 amide bonds. The highest BCUT2D eigenvalue weighted by atomic mass is 32.1. The number of hydrogen-bond acceptors (Lipinski definition) is 4. The Morgan fingerprint density at radius 2 is 2.00 bits per heavy atom. The van der Waals surface area contributed by atoms with Crippen LogP contribution in [0.15, 0.2) is 0 Å². The quantitative estimate of drug-likeness (QED) is 0.837. The molecule has 0 bridgehead atoms. The predicted molar refractivity (Wildman–Crippen MR) is 82.7 cm³/mol. The van der Waals surface area contributed by atoms with E-state index in [1.807, 2.05) is 0 Å². The molecule has 0 saturated heterocycles. The zero-order valence-electron chi connectivity index (χ0n) is 11.9. The van der Waals surface area contributed by atoms with E-state index in [1.165, 1.54) is 19.3 Å². The molecule has 2 rings (SSSR count). The molecular formula is C14H22N4S. The van der Waals surface area contributed by atoms with Gasteiger partial charge in [-0.2, -0.15) is 5.10 Å². The Morgan fingerprint density at radius 1 is 1.32 bits per heavy atom. The summed E-state index contributed by atoms with van der Waals surface area (Å²) in [6.45, 7) is 4.20. The lowest BCUT2D eigenvalue weighted by atomic mass is 9.91. The summed E-state index contributed by atoms with van der Waals surface area (Å²) >= 11 is 5.25. The summed E-state index contributed by atoms with van der Waals surface area (Å²) in [7, 11) is 2.07. The first-order valence-electron chi connectivity index (χ1n) is 7.01. The van der Waals surface area contributed by atoms with E-state index >= 15 is 0 Å². The third kappa shape index (κ3) is 2.56. The summed E-state index contributed by atoms with van der Waals surface area (Å²) in [5.41, 5.74) is 9.05. The highest BCUT2D eigenvalue weighted by Crippen LogP contribution is 2.30.